The molecule has 40 heavy (non-hydrogen) atoms. The topological polar surface area (TPSA) is 108 Å². The van der Waals surface area contributed by atoms with Gasteiger partial charge in [-0.1, -0.05) is 30.3 Å². The van der Waals surface area contributed by atoms with Gasteiger partial charge in [-0.2, -0.15) is 0 Å². The molecule has 212 valence electrons. The highest BCUT2D eigenvalue weighted by atomic mass is 32.1. The molecule has 0 spiro atoms. The van der Waals surface area contributed by atoms with E-state index in [0.717, 1.165) is 11.1 Å². The number of methoxy groups -OCH3 is 2. The van der Waals surface area contributed by atoms with E-state index in [1.165, 1.54) is 11.3 Å². The Hall–Kier alpha value is -4.05. The van der Waals surface area contributed by atoms with Crippen LogP contribution in [0, 0.1) is 0 Å². The maximum Gasteiger partial charge on any atom is 0.336 e. The molecule has 0 aliphatic carbocycles. The van der Waals surface area contributed by atoms with Gasteiger partial charge in [-0.3, -0.25) is 0 Å². The van der Waals surface area contributed by atoms with Gasteiger partial charge in [0.1, 0.15) is 0 Å². The molecule has 0 saturated carbocycles. The number of hydrogen-bond donors (Lipinski definition) is 2. The van der Waals surface area contributed by atoms with Crippen molar-refractivity contribution in [1.29, 1.82) is 0 Å². The van der Waals surface area contributed by atoms with Crippen LogP contribution in [-0.2, 0) is 19.1 Å². The molecule has 2 aromatic carbocycles. The van der Waals surface area contributed by atoms with Gasteiger partial charge in [-0.15, -0.1) is 11.3 Å². The third-order valence-electron chi connectivity index (χ3n) is 7.00. The van der Waals surface area contributed by atoms with E-state index < -0.39 is 29.4 Å². The van der Waals surface area contributed by atoms with Crippen LogP contribution >= 0.6 is 11.3 Å². The van der Waals surface area contributed by atoms with Crippen molar-refractivity contribution in [2.45, 2.75) is 45.2 Å². The smallest absolute Gasteiger partial charge is 0.336 e. The van der Waals surface area contributed by atoms with E-state index in [4.69, 9.17) is 23.9 Å². The van der Waals surface area contributed by atoms with Gasteiger partial charge < -0.3 is 29.6 Å². The standard InChI is InChI=1S/C30H35N3O6S/c1-7-38-27(34)25-18(3)31-19(4)30(28(35)39-8-2,26(25)20-12-10-9-11-13-20)33-29-32-22(17-40-29)21-14-15-23(36-5)24(16-21)37-6/h9-17,19,26,31H,7-8H2,1-6H3,(H,32,33). The fourth-order valence-electron chi connectivity index (χ4n) is 5.18. The summed E-state index contributed by atoms with van der Waals surface area (Å²) >= 11 is 1.35. The minimum absolute atomic E-state index is 0.169. The zero-order chi connectivity index (χ0) is 28.9. The van der Waals surface area contributed by atoms with Crippen molar-refractivity contribution in [2.75, 3.05) is 32.8 Å². The van der Waals surface area contributed by atoms with Crippen LogP contribution < -0.4 is 20.1 Å². The Bertz CT molecular complexity index is 1390. The van der Waals surface area contributed by atoms with Crippen LogP contribution in [0.25, 0.3) is 11.3 Å². The molecule has 2 heterocycles. The molecule has 3 atom stereocenters. The monoisotopic (exact) mass is 565 g/mol. The number of benzene rings is 2. The number of rotatable bonds is 10. The van der Waals surface area contributed by atoms with Crippen molar-refractivity contribution in [3.63, 3.8) is 0 Å². The molecule has 10 heteroatoms. The van der Waals surface area contributed by atoms with Gasteiger partial charge in [-0.25, -0.2) is 14.6 Å². The quantitative estimate of drug-likeness (QED) is 0.323. The Morgan fingerprint density at radius 3 is 2.38 bits per heavy atom. The number of esters is 2. The number of allylic oxidation sites excluding steroid dienone is 1. The van der Waals surface area contributed by atoms with Crippen molar-refractivity contribution >= 4 is 28.4 Å². The van der Waals surface area contributed by atoms with Gasteiger partial charge in [0.2, 0.25) is 0 Å². The molecule has 0 radical (unpaired) electrons. The molecule has 0 amide bonds. The second kappa shape index (κ2) is 12.4. The zero-order valence-electron chi connectivity index (χ0n) is 23.6. The molecule has 9 nitrogen and oxygen atoms in total. The maximum absolute atomic E-state index is 14.0. The average Bonchev–Trinajstić information content (AvgIpc) is 3.42. The highest BCUT2D eigenvalue weighted by Gasteiger charge is 2.58. The highest BCUT2D eigenvalue weighted by Crippen LogP contribution is 2.46. The van der Waals surface area contributed by atoms with E-state index in [0.29, 0.717) is 33.6 Å². The van der Waals surface area contributed by atoms with Crippen molar-refractivity contribution < 1.29 is 28.5 Å². The first kappa shape index (κ1) is 28.9. The Morgan fingerprint density at radius 2 is 1.73 bits per heavy atom. The SMILES string of the molecule is CCOC(=O)C1=C(C)NC(C)C(Nc2nc(-c3ccc(OC)c(OC)c3)cs2)(C(=O)OCC)C1c1ccccc1. The average molecular weight is 566 g/mol. The van der Waals surface area contributed by atoms with Crippen molar-refractivity contribution in [3.8, 4) is 22.8 Å². The molecule has 4 rings (SSSR count). The summed E-state index contributed by atoms with van der Waals surface area (Å²) in [6.07, 6.45) is 0. The van der Waals surface area contributed by atoms with Gasteiger partial charge in [0.05, 0.1) is 50.7 Å². The number of carbonyl (C=O) groups excluding carboxylic acids is 2. The number of carbonyl (C=O) groups is 2. The zero-order valence-corrected chi connectivity index (χ0v) is 24.4. The molecule has 3 aromatic rings. The Labute approximate surface area is 238 Å². The number of anilines is 1. The van der Waals surface area contributed by atoms with E-state index in [1.54, 1.807) is 28.1 Å². The van der Waals surface area contributed by atoms with Gasteiger partial charge in [-0.05, 0) is 51.5 Å². The highest BCUT2D eigenvalue weighted by molar-refractivity contribution is 7.14. The van der Waals surface area contributed by atoms with Gasteiger partial charge in [0, 0.05) is 16.6 Å². The molecular formula is C30H35N3O6S. The predicted octanol–water partition coefficient (Wildman–Crippen LogP) is 5.15. The first-order valence-electron chi connectivity index (χ1n) is 13.1. The molecule has 1 aromatic heterocycles. The van der Waals surface area contributed by atoms with Crippen molar-refractivity contribution in [1.82, 2.24) is 10.3 Å². The first-order chi connectivity index (χ1) is 19.3. The molecule has 0 fully saturated rings. The summed E-state index contributed by atoms with van der Waals surface area (Å²) in [6, 6.07) is 14.5. The second-order valence-electron chi connectivity index (χ2n) is 9.29. The molecular weight excluding hydrogens is 530 g/mol. The summed E-state index contributed by atoms with van der Waals surface area (Å²) < 4.78 is 22.0. The normalized spacial score (nSPS) is 20.4. The fraction of sp³-hybridized carbons (Fsp3) is 0.367. The number of nitrogens with one attached hydrogen (secondary N) is 2. The molecule has 1 aliphatic heterocycles. The van der Waals surface area contributed by atoms with Crippen LogP contribution in [-0.4, -0.2) is 55.9 Å². The van der Waals surface area contributed by atoms with Gasteiger partial charge in [0.15, 0.2) is 22.2 Å². The van der Waals surface area contributed by atoms with E-state index in [1.807, 2.05) is 67.8 Å². The molecule has 0 bridgehead atoms. The summed E-state index contributed by atoms with van der Waals surface area (Å²) in [6.45, 7) is 7.61. The minimum atomic E-state index is -1.42. The summed E-state index contributed by atoms with van der Waals surface area (Å²) in [5, 5.41) is 9.18. The third kappa shape index (κ3) is 5.36. The Balaban J connectivity index is 1.86. The summed E-state index contributed by atoms with van der Waals surface area (Å²) in [5.41, 5.74) is 1.87. The van der Waals surface area contributed by atoms with Crippen LogP contribution in [0.4, 0.5) is 5.13 Å². The Morgan fingerprint density at radius 1 is 1.02 bits per heavy atom. The van der Waals surface area contributed by atoms with E-state index >= 15 is 0 Å². The molecule has 0 saturated heterocycles. The van der Waals surface area contributed by atoms with E-state index in [9.17, 15) is 9.59 Å². The predicted molar refractivity (Wildman–Crippen MR) is 155 cm³/mol. The van der Waals surface area contributed by atoms with Crippen LogP contribution in [0.2, 0.25) is 0 Å². The fourth-order valence-corrected chi connectivity index (χ4v) is 5.97. The number of nitrogens with zero attached hydrogens (tertiary/aromatic N) is 1. The number of hydrogen-bond acceptors (Lipinski definition) is 10. The maximum atomic E-state index is 14.0. The second-order valence-corrected chi connectivity index (χ2v) is 10.1. The summed E-state index contributed by atoms with van der Waals surface area (Å²) in [7, 11) is 3.16. The summed E-state index contributed by atoms with van der Waals surface area (Å²) in [5.74, 6) is -0.520. The lowest BCUT2D eigenvalue weighted by atomic mass is 9.68. The van der Waals surface area contributed by atoms with E-state index in [-0.39, 0.29) is 13.2 Å². The van der Waals surface area contributed by atoms with E-state index in [2.05, 4.69) is 10.6 Å². The Kier molecular flexibility index (Phi) is 8.99. The molecule has 1 aliphatic rings. The van der Waals surface area contributed by atoms with Crippen molar-refractivity contribution in [3.05, 3.63) is 70.7 Å². The summed E-state index contributed by atoms with van der Waals surface area (Å²) in [4.78, 5) is 32.2. The molecule has 2 N–H and O–H groups in total. The molecule has 3 unspecified atom stereocenters. The van der Waals surface area contributed by atoms with Crippen LogP contribution in [0.3, 0.4) is 0 Å². The van der Waals surface area contributed by atoms with Gasteiger partial charge in [0.25, 0.3) is 0 Å². The van der Waals surface area contributed by atoms with Crippen LogP contribution in [0.1, 0.15) is 39.2 Å². The lowest BCUT2D eigenvalue weighted by Crippen LogP contribution is -2.66. The number of ether oxygens (including phenoxy) is 4. The number of thiazole rings is 1. The van der Waals surface area contributed by atoms with Gasteiger partial charge >= 0.3 is 11.9 Å². The minimum Gasteiger partial charge on any atom is -0.493 e. The lowest BCUT2D eigenvalue weighted by molar-refractivity contribution is -0.151. The van der Waals surface area contributed by atoms with Crippen molar-refractivity contribution in [2.24, 2.45) is 0 Å². The third-order valence-corrected chi connectivity index (χ3v) is 7.76. The largest absolute Gasteiger partial charge is 0.493 e. The number of aromatic nitrogens is 1. The van der Waals surface area contributed by atoms with Crippen LogP contribution in [0.15, 0.2) is 65.2 Å². The first-order valence-corrected chi connectivity index (χ1v) is 14.0. The lowest BCUT2D eigenvalue weighted by Gasteiger charge is -2.48. The van der Waals surface area contributed by atoms with Crippen LogP contribution in [0.5, 0.6) is 11.5 Å².